The fourth-order valence-electron chi connectivity index (χ4n) is 2.01. The number of para-hydroxylation sites is 2. The summed E-state index contributed by atoms with van der Waals surface area (Å²) < 4.78 is 1.70. The zero-order chi connectivity index (χ0) is 14.1. The van der Waals surface area contributed by atoms with E-state index >= 15 is 0 Å². The summed E-state index contributed by atoms with van der Waals surface area (Å²) in [5.74, 6) is -0.127. The van der Waals surface area contributed by atoms with Crippen LogP contribution < -0.4 is 5.32 Å². The third-order valence-corrected chi connectivity index (χ3v) is 3.01. The highest BCUT2D eigenvalue weighted by molar-refractivity contribution is 6.03. The van der Waals surface area contributed by atoms with Gasteiger partial charge in [0.05, 0.1) is 11.0 Å². The Hall–Kier alpha value is -2.89. The fourth-order valence-corrected chi connectivity index (χ4v) is 2.01. The molecule has 0 radical (unpaired) electrons. The van der Waals surface area contributed by atoms with Crippen molar-refractivity contribution < 1.29 is 9.90 Å². The zero-order valence-electron chi connectivity index (χ0n) is 10.7. The Kier molecular flexibility index (Phi) is 2.83. The van der Waals surface area contributed by atoms with Crippen molar-refractivity contribution in [3.05, 3.63) is 48.4 Å². The Balaban J connectivity index is 1.97. The number of hydrogen-bond acceptors (Lipinski definition) is 4. The van der Waals surface area contributed by atoms with E-state index in [1.54, 1.807) is 17.7 Å². The highest BCUT2D eigenvalue weighted by atomic mass is 16.3. The molecule has 0 saturated carbocycles. The van der Waals surface area contributed by atoms with E-state index in [1.165, 1.54) is 12.3 Å². The highest BCUT2D eigenvalue weighted by Gasteiger charge is 2.16. The van der Waals surface area contributed by atoms with E-state index in [9.17, 15) is 9.90 Å². The Bertz CT molecular complexity index is 795. The van der Waals surface area contributed by atoms with Crippen molar-refractivity contribution in [3.63, 3.8) is 0 Å². The van der Waals surface area contributed by atoms with E-state index in [0.717, 1.165) is 11.0 Å². The lowest BCUT2D eigenvalue weighted by molar-refractivity contribution is 0.101. The predicted molar refractivity (Wildman–Crippen MR) is 74.6 cm³/mol. The summed E-state index contributed by atoms with van der Waals surface area (Å²) in [6, 6.07) is 10.5. The van der Waals surface area contributed by atoms with Crippen LogP contribution in [-0.4, -0.2) is 25.5 Å². The summed E-state index contributed by atoms with van der Waals surface area (Å²) in [7, 11) is 1.77. The molecule has 3 rings (SSSR count). The summed E-state index contributed by atoms with van der Waals surface area (Å²) in [6.45, 7) is 0. The molecule has 2 aromatic heterocycles. The van der Waals surface area contributed by atoms with Gasteiger partial charge in [-0.25, -0.2) is 9.97 Å². The maximum Gasteiger partial charge on any atom is 0.292 e. The number of anilines is 1. The van der Waals surface area contributed by atoms with Crippen LogP contribution >= 0.6 is 0 Å². The van der Waals surface area contributed by atoms with Crippen LogP contribution in [0.5, 0.6) is 5.75 Å². The Morgan fingerprint density at radius 3 is 2.80 bits per heavy atom. The van der Waals surface area contributed by atoms with Gasteiger partial charge in [0.2, 0.25) is 0 Å². The molecule has 0 bridgehead atoms. The van der Waals surface area contributed by atoms with Crippen molar-refractivity contribution in [3.8, 4) is 5.75 Å². The lowest BCUT2D eigenvalue weighted by atomic mass is 10.3. The molecule has 100 valence electrons. The van der Waals surface area contributed by atoms with Crippen LogP contribution in [0.2, 0.25) is 0 Å². The van der Waals surface area contributed by atoms with Crippen molar-refractivity contribution in [2.24, 2.45) is 7.05 Å². The Morgan fingerprint density at radius 1 is 1.25 bits per heavy atom. The molecule has 0 aliphatic rings. The largest absolute Gasteiger partial charge is 0.504 e. The SMILES string of the molecule is Cn1c(C(=O)Nc2ncccc2O)nc2ccccc21. The number of rotatable bonds is 2. The number of nitrogens with one attached hydrogen (secondary N) is 1. The molecule has 0 spiro atoms. The van der Waals surface area contributed by atoms with E-state index in [-0.39, 0.29) is 17.4 Å². The molecule has 0 aliphatic carbocycles. The van der Waals surface area contributed by atoms with Crippen molar-refractivity contribution in [1.29, 1.82) is 0 Å². The number of pyridine rings is 1. The minimum Gasteiger partial charge on any atom is -0.504 e. The number of imidazole rings is 1. The number of carbonyl (C=O) groups is 1. The number of benzene rings is 1. The first-order chi connectivity index (χ1) is 9.66. The Labute approximate surface area is 114 Å². The Morgan fingerprint density at radius 2 is 2.05 bits per heavy atom. The molecule has 0 fully saturated rings. The van der Waals surface area contributed by atoms with Gasteiger partial charge in [-0.15, -0.1) is 0 Å². The van der Waals surface area contributed by atoms with Gasteiger partial charge in [0.15, 0.2) is 17.4 Å². The number of amides is 1. The first-order valence-electron chi connectivity index (χ1n) is 6.03. The normalized spacial score (nSPS) is 10.7. The molecular formula is C14H12N4O2. The third-order valence-electron chi connectivity index (χ3n) is 3.01. The molecule has 0 saturated heterocycles. The molecular weight excluding hydrogens is 256 g/mol. The van der Waals surface area contributed by atoms with E-state index in [2.05, 4.69) is 15.3 Å². The number of aryl methyl sites for hydroxylation is 1. The zero-order valence-corrected chi connectivity index (χ0v) is 10.7. The maximum atomic E-state index is 12.2. The molecule has 6 nitrogen and oxygen atoms in total. The molecule has 1 amide bonds. The van der Waals surface area contributed by atoms with Crippen molar-refractivity contribution in [1.82, 2.24) is 14.5 Å². The summed E-state index contributed by atoms with van der Waals surface area (Å²) in [5, 5.41) is 12.2. The number of hydrogen-bond donors (Lipinski definition) is 2. The van der Waals surface area contributed by atoms with Gasteiger partial charge in [-0.3, -0.25) is 4.79 Å². The lowest BCUT2D eigenvalue weighted by Gasteiger charge is -2.05. The average Bonchev–Trinajstić information content (AvgIpc) is 2.79. The minimum atomic E-state index is -0.419. The number of aromatic hydroxyl groups is 1. The van der Waals surface area contributed by atoms with E-state index in [4.69, 9.17) is 0 Å². The second-order valence-electron chi connectivity index (χ2n) is 4.31. The molecule has 2 heterocycles. The molecule has 2 N–H and O–H groups in total. The van der Waals surface area contributed by atoms with Crippen molar-refractivity contribution in [2.45, 2.75) is 0 Å². The number of nitrogens with zero attached hydrogens (tertiary/aromatic N) is 3. The van der Waals surface area contributed by atoms with Crippen LogP contribution in [0.1, 0.15) is 10.6 Å². The van der Waals surface area contributed by atoms with E-state index < -0.39 is 5.91 Å². The van der Waals surface area contributed by atoms with Gasteiger partial charge in [0, 0.05) is 13.2 Å². The first-order valence-corrected chi connectivity index (χ1v) is 6.03. The molecule has 6 heteroatoms. The van der Waals surface area contributed by atoms with Gasteiger partial charge in [-0.05, 0) is 24.3 Å². The molecule has 1 aromatic carbocycles. The molecule has 20 heavy (non-hydrogen) atoms. The van der Waals surface area contributed by atoms with Gasteiger partial charge in [-0.1, -0.05) is 12.1 Å². The first kappa shape index (κ1) is 12.2. The smallest absolute Gasteiger partial charge is 0.292 e. The minimum absolute atomic E-state index is 0.0837. The van der Waals surface area contributed by atoms with Crippen LogP contribution in [0.25, 0.3) is 11.0 Å². The number of fused-ring (bicyclic) bond motifs is 1. The molecule has 0 unspecified atom stereocenters. The van der Waals surface area contributed by atoms with Gasteiger partial charge in [-0.2, -0.15) is 0 Å². The van der Waals surface area contributed by atoms with Gasteiger partial charge >= 0.3 is 0 Å². The second-order valence-corrected chi connectivity index (χ2v) is 4.31. The third kappa shape index (κ3) is 1.97. The summed E-state index contributed by atoms with van der Waals surface area (Å²) in [4.78, 5) is 20.4. The second kappa shape index (κ2) is 4.65. The lowest BCUT2D eigenvalue weighted by Crippen LogP contribution is -2.17. The van der Waals surface area contributed by atoms with Crippen LogP contribution in [0.4, 0.5) is 5.82 Å². The van der Waals surface area contributed by atoms with E-state index in [0.29, 0.717) is 0 Å². The monoisotopic (exact) mass is 268 g/mol. The van der Waals surface area contributed by atoms with Gasteiger partial charge in [0.1, 0.15) is 0 Å². The average molecular weight is 268 g/mol. The standard InChI is InChI=1S/C14H12N4O2/c1-18-10-6-3-2-5-9(10)16-13(18)14(20)17-12-11(19)7-4-8-15-12/h2-8,19H,1H3,(H,15,17,20). The fraction of sp³-hybridized carbons (Fsp3) is 0.0714. The summed E-state index contributed by atoms with van der Waals surface area (Å²) >= 11 is 0. The maximum absolute atomic E-state index is 12.2. The number of carbonyl (C=O) groups excluding carboxylic acids is 1. The van der Waals surface area contributed by atoms with Crippen molar-refractivity contribution in [2.75, 3.05) is 5.32 Å². The summed E-state index contributed by atoms with van der Waals surface area (Å²) in [6.07, 6.45) is 1.49. The van der Waals surface area contributed by atoms with Gasteiger partial charge in [0.25, 0.3) is 5.91 Å². The summed E-state index contributed by atoms with van der Waals surface area (Å²) in [5.41, 5.74) is 1.60. The van der Waals surface area contributed by atoms with E-state index in [1.807, 2.05) is 24.3 Å². The van der Waals surface area contributed by atoms with Crippen LogP contribution in [0.3, 0.4) is 0 Å². The molecule has 0 aliphatic heterocycles. The van der Waals surface area contributed by atoms with Crippen molar-refractivity contribution >= 4 is 22.8 Å². The topological polar surface area (TPSA) is 80.0 Å². The van der Waals surface area contributed by atoms with Crippen LogP contribution in [-0.2, 0) is 7.05 Å². The molecule has 0 atom stereocenters. The number of aromatic nitrogens is 3. The van der Waals surface area contributed by atoms with Gasteiger partial charge < -0.3 is 15.0 Å². The van der Waals surface area contributed by atoms with Crippen LogP contribution in [0.15, 0.2) is 42.6 Å². The van der Waals surface area contributed by atoms with Crippen LogP contribution in [0, 0.1) is 0 Å². The predicted octanol–water partition coefficient (Wildman–Crippen LogP) is 1.93. The quantitative estimate of drug-likeness (QED) is 0.744. The molecule has 3 aromatic rings. The highest BCUT2D eigenvalue weighted by Crippen LogP contribution is 2.20.